The van der Waals surface area contributed by atoms with Crippen molar-refractivity contribution in [3.05, 3.63) is 17.9 Å². The fourth-order valence-electron chi connectivity index (χ4n) is 2.24. The minimum Gasteiger partial charge on any atom is -0.438 e. The van der Waals surface area contributed by atoms with Crippen molar-refractivity contribution in [1.82, 2.24) is 4.90 Å². The molecule has 0 bridgehead atoms. The van der Waals surface area contributed by atoms with Gasteiger partial charge >= 0.3 is 0 Å². The number of furan rings is 1. The Morgan fingerprint density at radius 3 is 2.53 bits per heavy atom. The van der Waals surface area contributed by atoms with Crippen molar-refractivity contribution < 1.29 is 9.21 Å². The lowest BCUT2D eigenvalue weighted by Gasteiger charge is -2.35. The van der Waals surface area contributed by atoms with Crippen molar-refractivity contribution in [2.45, 2.75) is 13.8 Å². The van der Waals surface area contributed by atoms with Gasteiger partial charge < -0.3 is 9.32 Å². The van der Waals surface area contributed by atoms with E-state index in [2.05, 4.69) is 23.6 Å². The lowest BCUT2D eigenvalue weighted by Crippen LogP contribution is -2.47. The highest BCUT2D eigenvalue weighted by Gasteiger charge is 2.19. The third-order valence-corrected chi connectivity index (χ3v) is 3.04. The van der Waals surface area contributed by atoms with E-state index in [1.165, 1.54) is 0 Å². The molecule has 1 aliphatic heterocycles. The molecule has 0 aromatic carbocycles. The molecule has 0 atom stereocenters. The molecule has 4 nitrogen and oxygen atoms in total. The standard InChI is InChI=1S/C13H20N2O2/c1-11(2)9-14-5-7-15(8-6-14)13-4-3-12(10-16)17-13/h3-4,10-11H,5-9H2,1-2H3. The topological polar surface area (TPSA) is 36.7 Å². The fourth-order valence-corrected chi connectivity index (χ4v) is 2.24. The van der Waals surface area contributed by atoms with Gasteiger partial charge in [0.2, 0.25) is 0 Å². The number of piperazine rings is 1. The van der Waals surface area contributed by atoms with Gasteiger partial charge in [-0.05, 0) is 12.0 Å². The predicted molar refractivity (Wildman–Crippen MR) is 67.6 cm³/mol. The van der Waals surface area contributed by atoms with E-state index in [4.69, 9.17) is 4.42 Å². The van der Waals surface area contributed by atoms with Crippen molar-refractivity contribution in [3.8, 4) is 0 Å². The molecule has 0 saturated carbocycles. The van der Waals surface area contributed by atoms with Crippen molar-refractivity contribution >= 4 is 12.2 Å². The normalized spacial score (nSPS) is 17.7. The Labute approximate surface area is 102 Å². The molecule has 0 aliphatic carbocycles. The summed E-state index contributed by atoms with van der Waals surface area (Å²) in [5.41, 5.74) is 0. The Kier molecular flexibility index (Phi) is 3.84. The number of anilines is 1. The SMILES string of the molecule is CC(C)CN1CCN(c2ccc(C=O)o2)CC1. The van der Waals surface area contributed by atoms with E-state index in [9.17, 15) is 4.79 Å². The third kappa shape index (κ3) is 3.09. The zero-order valence-corrected chi connectivity index (χ0v) is 10.6. The summed E-state index contributed by atoms with van der Waals surface area (Å²) in [5, 5.41) is 0. The summed E-state index contributed by atoms with van der Waals surface area (Å²) in [5.74, 6) is 1.94. The summed E-state index contributed by atoms with van der Waals surface area (Å²) >= 11 is 0. The molecule has 0 N–H and O–H groups in total. The van der Waals surface area contributed by atoms with Crippen molar-refractivity contribution in [3.63, 3.8) is 0 Å². The first kappa shape index (κ1) is 12.2. The van der Waals surface area contributed by atoms with E-state index in [1.54, 1.807) is 6.07 Å². The number of hydrogen-bond acceptors (Lipinski definition) is 4. The average molecular weight is 236 g/mol. The molecule has 1 aromatic heterocycles. The molecule has 0 unspecified atom stereocenters. The van der Waals surface area contributed by atoms with Crippen molar-refractivity contribution in [2.24, 2.45) is 5.92 Å². The van der Waals surface area contributed by atoms with Crippen LogP contribution in [-0.2, 0) is 0 Å². The fraction of sp³-hybridized carbons (Fsp3) is 0.615. The maximum absolute atomic E-state index is 10.6. The van der Waals surface area contributed by atoms with Crippen LogP contribution in [0, 0.1) is 5.92 Å². The molecular formula is C13H20N2O2. The number of aldehydes is 1. The molecule has 2 heterocycles. The molecule has 2 rings (SSSR count). The Morgan fingerprint density at radius 2 is 2.00 bits per heavy atom. The zero-order chi connectivity index (χ0) is 12.3. The van der Waals surface area contributed by atoms with Gasteiger partial charge in [-0.25, -0.2) is 0 Å². The molecule has 4 heteroatoms. The first-order chi connectivity index (χ1) is 8.19. The van der Waals surface area contributed by atoms with Crippen molar-refractivity contribution in [2.75, 3.05) is 37.6 Å². The molecular weight excluding hydrogens is 216 g/mol. The molecule has 1 aromatic rings. The molecule has 1 fully saturated rings. The number of nitrogens with zero attached hydrogens (tertiary/aromatic N) is 2. The predicted octanol–water partition coefficient (Wildman–Crippen LogP) is 1.87. The molecule has 94 valence electrons. The van der Waals surface area contributed by atoms with Gasteiger partial charge in [-0.2, -0.15) is 0 Å². The van der Waals surface area contributed by atoms with E-state index in [0.29, 0.717) is 11.7 Å². The lowest BCUT2D eigenvalue weighted by atomic mass is 10.2. The van der Waals surface area contributed by atoms with Crippen LogP contribution in [-0.4, -0.2) is 43.9 Å². The van der Waals surface area contributed by atoms with Crippen LogP contribution in [0.15, 0.2) is 16.5 Å². The van der Waals surface area contributed by atoms with E-state index in [-0.39, 0.29) is 0 Å². The Balaban J connectivity index is 1.88. The molecule has 17 heavy (non-hydrogen) atoms. The van der Waals surface area contributed by atoms with E-state index < -0.39 is 0 Å². The van der Waals surface area contributed by atoms with Crippen LogP contribution in [0.5, 0.6) is 0 Å². The van der Waals surface area contributed by atoms with Gasteiger partial charge in [0.25, 0.3) is 0 Å². The maximum atomic E-state index is 10.6. The van der Waals surface area contributed by atoms with Gasteiger partial charge in [-0.15, -0.1) is 0 Å². The summed E-state index contributed by atoms with van der Waals surface area (Å²) in [6.07, 6.45) is 0.749. The molecule has 1 aliphatic rings. The number of carbonyl (C=O) groups excluding carboxylic acids is 1. The summed E-state index contributed by atoms with van der Waals surface area (Å²) in [7, 11) is 0. The highest BCUT2D eigenvalue weighted by Crippen LogP contribution is 2.19. The minimum absolute atomic E-state index is 0.407. The monoisotopic (exact) mass is 236 g/mol. The van der Waals surface area contributed by atoms with E-state index in [0.717, 1.165) is 44.9 Å². The van der Waals surface area contributed by atoms with Gasteiger partial charge in [0.15, 0.2) is 17.9 Å². The van der Waals surface area contributed by atoms with E-state index in [1.807, 2.05) is 6.07 Å². The third-order valence-electron chi connectivity index (χ3n) is 3.04. The first-order valence-corrected chi connectivity index (χ1v) is 6.21. The second-order valence-electron chi connectivity index (χ2n) is 4.98. The zero-order valence-electron chi connectivity index (χ0n) is 10.6. The summed E-state index contributed by atoms with van der Waals surface area (Å²) in [4.78, 5) is 15.2. The van der Waals surface area contributed by atoms with Gasteiger partial charge in [0, 0.05) is 38.8 Å². The Bertz CT molecular complexity index is 365. The average Bonchev–Trinajstić information content (AvgIpc) is 2.78. The molecule has 0 amide bonds. The molecule has 1 saturated heterocycles. The maximum Gasteiger partial charge on any atom is 0.196 e. The largest absolute Gasteiger partial charge is 0.438 e. The summed E-state index contributed by atoms with van der Waals surface area (Å²) < 4.78 is 5.43. The van der Waals surface area contributed by atoms with Gasteiger partial charge in [0.1, 0.15) is 0 Å². The Hall–Kier alpha value is -1.29. The van der Waals surface area contributed by atoms with Crippen LogP contribution in [0.1, 0.15) is 24.4 Å². The van der Waals surface area contributed by atoms with Gasteiger partial charge in [-0.1, -0.05) is 13.8 Å². The first-order valence-electron chi connectivity index (χ1n) is 6.21. The number of hydrogen-bond donors (Lipinski definition) is 0. The highest BCUT2D eigenvalue weighted by atomic mass is 16.4. The van der Waals surface area contributed by atoms with Crippen LogP contribution in [0.25, 0.3) is 0 Å². The van der Waals surface area contributed by atoms with Crippen LogP contribution < -0.4 is 4.90 Å². The van der Waals surface area contributed by atoms with Crippen molar-refractivity contribution in [1.29, 1.82) is 0 Å². The second-order valence-corrected chi connectivity index (χ2v) is 4.98. The highest BCUT2D eigenvalue weighted by molar-refractivity contribution is 5.71. The van der Waals surface area contributed by atoms with Crippen LogP contribution in [0.2, 0.25) is 0 Å². The van der Waals surface area contributed by atoms with E-state index >= 15 is 0 Å². The number of carbonyl (C=O) groups is 1. The van der Waals surface area contributed by atoms with Crippen LogP contribution in [0.4, 0.5) is 5.88 Å². The molecule has 0 spiro atoms. The van der Waals surface area contributed by atoms with Gasteiger partial charge in [0.05, 0.1) is 0 Å². The number of rotatable bonds is 4. The summed E-state index contributed by atoms with van der Waals surface area (Å²) in [6, 6.07) is 3.60. The minimum atomic E-state index is 0.407. The molecule has 0 radical (unpaired) electrons. The van der Waals surface area contributed by atoms with Crippen LogP contribution >= 0.6 is 0 Å². The smallest absolute Gasteiger partial charge is 0.196 e. The Morgan fingerprint density at radius 1 is 1.29 bits per heavy atom. The van der Waals surface area contributed by atoms with Gasteiger partial charge in [-0.3, -0.25) is 9.69 Å². The summed E-state index contributed by atoms with van der Waals surface area (Å²) in [6.45, 7) is 9.72. The second kappa shape index (κ2) is 5.36. The lowest BCUT2D eigenvalue weighted by molar-refractivity contribution is 0.110. The quantitative estimate of drug-likeness (QED) is 0.748. The van der Waals surface area contributed by atoms with Crippen LogP contribution in [0.3, 0.4) is 0 Å².